The number of nitrogens with zero attached hydrogens (tertiary/aromatic N) is 1. The Morgan fingerprint density at radius 3 is 2.68 bits per heavy atom. The van der Waals surface area contributed by atoms with Gasteiger partial charge in [0.2, 0.25) is 5.91 Å². The molecule has 1 fully saturated rings. The number of hydrogen-bond acceptors (Lipinski definition) is 4. The molecule has 22 heavy (non-hydrogen) atoms. The summed E-state index contributed by atoms with van der Waals surface area (Å²) in [5, 5.41) is 2.87. The fourth-order valence-corrected chi connectivity index (χ4v) is 2.74. The molecule has 1 atom stereocenters. The van der Waals surface area contributed by atoms with E-state index in [1.54, 1.807) is 31.2 Å². The summed E-state index contributed by atoms with van der Waals surface area (Å²) in [6, 6.07) is 6.78. The first-order valence-electron chi connectivity index (χ1n) is 7.88. The Morgan fingerprint density at radius 2 is 2.05 bits per heavy atom. The molecule has 1 saturated heterocycles. The summed E-state index contributed by atoms with van der Waals surface area (Å²) in [6.45, 7) is 6.73. The van der Waals surface area contributed by atoms with Gasteiger partial charge in [0.05, 0.1) is 18.7 Å². The molecule has 1 aliphatic rings. The van der Waals surface area contributed by atoms with Crippen molar-refractivity contribution in [2.75, 3.05) is 31.6 Å². The Bertz CT molecular complexity index is 513. The number of carbonyl (C=O) groups excluding carboxylic acids is 2. The molecule has 0 bridgehead atoms. The maximum absolute atomic E-state index is 12.1. The lowest BCUT2D eigenvalue weighted by molar-refractivity contribution is -0.117. The van der Waals surface area contributed by atoms with Gasteiger partial charge in [0.1, 0.15) is 0 Å². The van der Waals surface area contributed by atoms with Gasteiger partial charge in [-0.1, -0.05) is 6.92 Å². The largest absolute Gasteiger partial charge is 0.462 e. The van der Waals surface area contributed by atoms with E-state index < -0.39 is 0 Å². The average Bonchev–Trinajstić information content (AvgIpc) is 2.48. The molecule has 0 aromatic heterocycles. The molecule has 1 N–H and O–H groups in total. The summed E-state index contributed by atoms with van der Waals surface area (Å²) < 4.78 is 4.93. The Hall–Kier alpha value is -1.88. The fourth-order valence-electron chi connectivity index (χ4n) is 2.74. The highest BCUT2D eigenvalue weighted by Gasteiger charge is 2.18. The molecule has 0 radical (unpaired) electrons. The molecule has 0 saturated carbocycles. The molecular weight excluding hydrogens is 280 g/mol. The van der Waals surface area contributed by atoms with Crippen LogP contribution < -0.4 is 5.32 Å². The third-order valence-electron chi connectivity index (χ3n) is 3.79. The van der Waals surface area contributed by atoms with E-state index >= 15 is 0 Å². The summed E-state index contributed by atoms with van der Waals surface area (Å²) in [7, 11) is 0. The minimum Gasteiger partial charge on any atom is -0.462 e. The van der Waals surface area contributed by atoms with Crippen molar-refractivity contribution in [1.82, 2.24) is 4.90 Å². The zero-order valence-electron chi connectivity index (χ0n) is 13.3. The number of rotatable bonds is 5. The number of amides is 1. The number of esters is 1. The molecule has 0 aliphatic carbocycles. The van der Waals surface area contributed by atoms with Crippen LogP contribution in [0.5, 0.6) is 0 Å². The maximum Gasteiger partial charge on any atom is 0.338 e. The van der Waals surface area contributed by atoms with Gasteiger partial charge in [-0.05, 0) is 56.5 Å². The lowest BCUT2D eigenvalue weighted by Crippen LogP contribution is -2.39. The van der Waals surface area contributed by atoms with E-state index in [2.05, 4.69) is 17.1 Å². The van der Waals surface area contributed by atoms with Crippen LogP contribution in [0.2, 0.25) is 0 Å². The van der Waals surface area contributed by atoms with Crippen molar-refractivity contribution in [1.29, 1.82) is 0 Å². The molecule has 5 nitrogen and oxygen atoms in total. The minimum absolute atomic E-state index is 0.0158. The van der Waals surface area contributed by atoms with Crippen molar-refractivity contribution in [3.63, 3.8) is 0 Å². The molecular formula is C17H24N2O3. The lowest BCUT2D eigenvalue weighted by Gasteiger charge is -2.30. The fraction of sp³-hybridized carbons (Fsp3) is 0.529. The molecule has 0 spiro atoms. The van der Waals surface area contributed by atoms with Crippen LogP contribution in [0, 0.1) is 5.92 Å². The zero-order chi connectivity index (χ0) is 15.9. The van der Waals surface area contributed by atoms with Gasteiger partial charge in [0.25, 0.3) is 0 Å². The second-order valence-electron chi connectivity index (χ2n) is 5.83. The van der Waals surface area contributed by atoms with Crippen LogP contribution in [-0.2, 0) is 9.53 Å². The van der Waals surface area contributed by atoms with Crippen molar-refractivity contribution >= 4 is 17.6 Å². The number of nitrogens with one attached hydrogen (secondary N) is 1. The van der Waals surface area contributed by atoms with Crippen molar-refractivity contribution in [3.8, 4) is 0 Å². The van der Waals surface area contributed by atoms with Crippen LogP contribution in [0.4, 0.5) is 5.69 Å². The van der Waals surface area contributed by atoms with Gasteiger partial charge < -0.3 is 10.1 Å². The van der Waals surface area contributed by atoms with Crippen LogP contribution in [0.25, 0.3) is 0 Å². The standard InChI is InChI=1S/C17H24N2O3/c1-3-22-17(21)14-6-8-15(9-7-14)18-16(20)12-19-10-4-5-13(2)11-19/h6-9,13H,3-5,10-12H2,1-2H3,(H,18,20)/t13-/m0/s1. The van der Waals surface area contributed by atoms with Gasteiger partial charge >= 0.3 is 5.97 Å². The van der Waals surface area contributed by atoms with Gasteiger partial charge in [0.15, 0.2) is 0 Å². The van der Waals surface area contributed by atoms with Crippen LogP contribution in [-0.4, -0.2) is 43.0 Å². The monoisotopic (exact) mass is 304 g/mol. The Labute approximate surface area is 131 Å². The van der Waals surface area contributed by atoms with E-state index in [-0.39, 0.29) is 11.9 Å². The van der Waals surface area contributed by atoms with Crippen molar-refractivity contribution in [3.05, 3.63) is 29.8 Å². The van der Waals surface area contributed by atoms with E-state index in [0.717, 1.165) is 19.5 Å². The molecule has 120 valence electrons. The zero-order valence-corrected chi connectivity index (χ0v) is 13.3. The number of carbonyl (C=O) groups is 2. The van der Waals surface area contributed by atoms with E-state index in [1.165, 1.54) is 6.42 Å². The summed E-state index contributed by atoms with van der Waals surface area (Å²) in [6.07, 6.45) is 2.40. The number of benzene rings is 1. The van der Waals surface area contributed by atoms with Gasteiger partial charge in [0, 0.05) is 12.2 Å². The lowest BCUT2D eigenvalue weighted by atomic mass is 10.0. The first-order chi connectivity index (χ1) is 10.6. The third-order valence-corrected chi connectivity index (χ3v) is 3.79. The van der Waals surface area contributed by atoms with Crippen LogP contribution in [0.3, 0.4) is 0 Å². The molecule has 5 heteroatoms. The quantitative estimate of drug-likeness (QED) is 0.849. The van der Waals surface area contributed by atoms with Crippen LogP contribution >= 0.6 is 0 Å². The Balaban J connectivity index is 1.85. The molecule has 2 rings (SSSR count). The third kappa shape index (κ3) is 4.84. The SMILES string of the molecule is CCOC(=O)c1ccc(NC(=O)CN2CCC[C@H](C)C2)cc1. The van der Waals surface area contributed by atoms with Gasteiger partial charge in [-0.2, -0.15) is 0 Å². The van der Waals surface area contributed by atoms with E-state index in [4.69, 9.17) is 4.74 Å². The summed E-state index contributed by atoms with van der Waals surface area (Å²) in [5.74, 6) is 0.297. The van der Waals surface area contributed by atoms with Gasteiger partial charge in [-0.15, -0.1) is 0 Å². The number of likely N-dealkylation sites (tertiary alicyclic amines) is 1. The molecule has 1 amide bonds. The normalized spacial score (nSPS) is 18.7. The summed E-state index contributed by atoms with van der Waals surface area (Å²) >= 11 is 0. The molecule has 1 aromatic carbocycles. The smallest absolute Gasteiger partial charge is 0.338 e. The van der Waals surface area contributed by atoms with Crippen molar-refractivity contribution < 1.29 is 14.3 Å². The predicted molar refractivity (Wildman–Crippen MR) is 85.9 cm³/mol. The molecule has 1 aliphatic heterocycles. The van der Waals surface area contributed by atoms with E-state index in [0.29, 0.717) is 30.3 Å². The van der Waals surface area contributed by atoms with Gasteiger partial charge in [-0.25, -0.2) is 4.79 Å². The molecule has 1 heterocycles. The topological polar surface area (TPSA) is 58.6 Å². The highest BCUT2D eigenvalue weighted by Crippen LogP contribution is 2.15. The Kier molecular flexibility index (Phi) is 5.95. The first kappa shape index (κ1) is 16.5. The first-order valence-corrected chi connectivity index (χ1v) is 7.88. The van der Waals surface area contributed by atoms with Crippen molar-refractivity contribution in [2.24, 2.45) is 5.92 Å². The number of piperidine rings is 1. The van der Waals surface area contributed by atoms with Crippen LogP contribution in [0.1, 0.15) is 37.0 Å². The summed E-state index contributed by atoms with van der Waals surface area (Å²) in [5.41, 5.74) is 1.19. The van der Waals surface area contributed by atoms with Crippen molar-refractivity contribution in [2.45, 2.75) is 26.7 Å². The second-order valence-corrected chi connectivity index (χ2v) is 5.83. The Morgan fingerprint density at radius 1 is 1.32 bits per heavy atom. The van der Waals surface area contributed by atoms with Crippen LogP contribution in [0.15, 0.2) is 24.3 Å². The predicted octanol–water partition coefficient (Wildman–Crippen LogP) is 2.53. The average molecular weight is 304 g/mol. The highest BCUT2D eigenvalue weighted by molar-refractivity contribution is 5.94. The number of anilines is 1. The highest BCUT2D eigenvalue weighted by atomic mass is 16.5. The second kappa shape index (κ2) is 7.94. The minimum atomic E-state index is -0.345. The number of hydrogen-bond donors (Lipinski definition) is 1. The summed E-state index contributed by atoms with van der Waals surface area (Å²) in [4.78, 5) is 25.8. The van der Waals surface area contributed by atoms with E-state index in [9.17, 15) is 9.59 Å². The maximum atomic E-state index is 12.1. The molecule has 0 unspecified atom stereocenters. The molecule has 1 aromatic rings. The number of ether oxygens (including phenoxy) is 1. The van der Waals surface area contributed by atoms with Gasteiger partial charge in [-0.3, -0.25) is 9.69 Å². The van der Waals surface area contributed by atoms with E-state index in [1.807, 2.05) is 0 Å².